The Balaban J connectivity index is 1.46. The van der Waals surface area contributed by atoms with Crippen molar-refractivity contribution < 1.29 is 0 Å². The minimum Gasteiger partial charge on any atom is -0.309 e. The van der Waals surface area contributed by atoms with E-state index in [0.29, 0.717) is 0 Å². The number of hydrogen-bond donors (Lipinski definition) is 0. The Morgan fingerprint density at radius 2 is 1.02 bits per heavy atom. The molecule has 0 radical (unpaired) electrons. The van der Waals surface area contributed by atoms with Crippen LogP contribution in [0.3, 0.4) is 0 Å². The summed E-state index contributed by atoms with van der Waals surface area (Å²) in [7, 11) is 0. The Morgan fingerprint density at radius 1 is 0.413 bits per heavy atom. The van der Waals surface area contributed by atoms with Gasteiger partial charge in [-0.1, -0.05) is 159 Å². The number of para-hydroxylation sites is 1. The molecule has 0 aromatic heterocycles. The van der Waals surface area contributed by atoms with Gasteiger partial charge in [0.05, 0.1) is 17.1 Å². The highest BCUT2D eigenvalue weighted by atomic mass is 15.1. The molecule has 0 saturated carbocycles. The van der Waals surface area contributed by atoms with Gasteiger partial charge >= 0.3 is 0 Å². The number of nitrogens with zero attached hydrogens (tertiary/aromatic N) is 1. The Morgan fingerprint density at radius 3 is 1.85 bits per heavy atom. The number of rotatable bonds is 4. The maximum atomic E-state index is 2.54. The van der Waals surface area contributed by atoms with Gasteiger partial charge in [0.15, 0.2) is 0 Å². The summed E-state index contributed by atoms with van der Waals surface area (Å²) in [6.07, 6.45) is 0. The Bertz CT molecular complexity index is 2440. The van der Waals surface area contributed by atoms with Gasteiger partial charge in [-0.15, -0.1) is 0 Å². The molecular formula is C45H33N. The molecule has 46 heavy (non-hydrogen) atoms. The molecule has 9 rings (SSSR count). The van der Waals surface area contributed by atoms with Crippen LogP contribution < -0.4 is 4.90 Å². The van der Waals surface area contributed by atoms with E-state index in [-0.39, 0.29) is 5.41 Å². The maximum Gasteiger partial charge on any atom is 0.0547 e. The molecule has 218 valence electrons. The van der Waals surface area contributed by atoms with Crippen molar-refractivity contribution in [2.45, 2.75) is 19.3 Å². The molecule has 0 aliphatic heterocycles. The van der Waals surface area contributed by atoms with Gasteiger partial charge in [-0.25, -0.2) is 0 Å². The second kappa shape index (κ2) is 10.2. The SMILES string of the molecule is CC1(C)c2ccccc2-c2c(N(c3ccccc3-c3ccccc3)c3cc4ccccc4c4c3ccc3ccccc34)cccc21. The van der Waals surface area contributed by atoms with E-state index in [1.807, 2.05) is 0 Å². The predicted molar refractivity (Wildman–Crippen MR) is 197 cm³/mol. The summed E-state index contributed by atoms with van der Waals surface area (Å²) in [6.45, 7) is 4.72. The van der Waals surface area contributed by atoms with Gasteiger partial charge in [0.25, 0.3) is 0 Å². The molecule has 0 spiro atoms. The molecule has 1 aliphatic rings. The zero-order chi connectivity index (χ0) is 30.8. The van der Waals surface area contributed by atoms with E-state index in [1.54, 1.807) is 0 Å². The van der Waals surface area contributed by atoms with E-state index < -0.39 is 0 Å². The highest BCUT2D eigenvalue weighted by Gasteiger charge is 2.38. The molecule has 0 N–H and O–H groups in total. The van der Waals surface area contributed by atoms with E-state index in [2.05, 4.69) is 183 Å². The summed E-state index contributed by atoms with van der Waals surface area (Å²) < 4.78 is 0. The van der Waals surface area contributed by atoms with Crippen LogP contribution in [0.2, 0.25) is 0 Å². The molecule has 0 fully saturated rings. The van der Waals surface area contributed by atoms with Crippen LogP contribution in [0.15, 0.2) is 164 Å². The second-order valence-electron chi connectivity index (χ2n) is 12.9. The van der Waals surface area contributed by atoms with Gasteiger partial charge in [0, 0.05) is 21.9 Å². The minimum absolute atomic E-state index is 0.103. The highest BCUT2D eigenvalue weighted by Crippen LogP contribution is 2.56. The topological polar surface area (TPSA) is 3.24 Å². The van der Waals surface area contributed by atoms with Crippen molar-refractivity contribution in [1.29, 1.82) is 0 Å². The summed E-state index contributed by atoms with van der Waals surface area (Å²) in [4.78, 5) is 2.54. The van der Waals surface area contributed by atoms with Crippen LogP contribution in [0.5, 0.6) is 0 Å². The van der Waals surface area contributed by atoms with Gasteiger partial charge in [0.2, 0.25) is 0 Å². The van der Waals surface area contributed by atoms with Crippen LogP contribution in [0.1, 0.15) is 25.0 Å². The molecule has 1 heteroatoms. The average Bonchev–Trinajstić information content (AvgIpc) is 3.35. The number of anilines is 3. The van der Waals surface area contributed by atoms with E-state index >= 15 is 0 Å². The minimum atomic E-state index is -0.103. The summed E-state index contributed by atoms with van der Waals surface area (Å²) in [6, 6.07) is 60.2. The van der Waals surface area contributed by atoms with Crippen LogP contribution in [0, 0.1) is 0 Å². The van der Waals surface area contributed by atoms with E-state index in [0.717, 1.165) is 5.69 Å². The smallest absolute Gasteiger partial charge is 0.0547 e. The lowest BCUT2D eigenvalue weighted by atomic mass is 9.82. The molecule has 8 aromatic rings. The predicted octanol–water partition coefficient (Wildman–Crippen LogP) is 12.6. The maximum absolute atomic E-state index is 2.54. The van der Waals surface area contributed by atoms with Crippen LogP contribution in [-0.4, -0.2) is 0 Å². The highest BCUT2D eigenvalue weighted by molar-refractivity contribution is 6.24. The first-order valence-electron chi connectivity index (χ1n) is 16.1. The molecule has 1 nitrogen and oxygen atoms in total. The summed E-state index contributed by atoms with van der Waals surface area (Å²) >= 11 is 0. The van der Waals surface area contributed by atoms with Crippen molar-refractivity contribution in [2.24, 2.45) is 0 Å². The van der Waals surface area contributed by atoms with E-state index in [1.165, 1.54) is 77.1 Å². The Hall–Kier alpha value is -5.66. The lowest BCUT2D eigenvalue weighted by molar-refractivity contribution is 0.660. The third kappa shape index (κ3) is 3.88. The van der Waals surface area contributed by atoms with Gasteiger partial charge < -0.3 is 4.90 Å². The zero-order valence-corrected chi connectivity index (χ0v) is 26.0. The molecule has 0 heterocycles. The first-order chi connectivity index (χ1) is 22.6. The second-order valence-corrected chi connectivity index (χ2v) is 12.9. The van der Waals surface area contributed by atoms with E-state index in [4.69, 9.17) is 0 Å². The van der Waals surface area contributed by atoms with Gasteiger partial charge in [-0.05, 0) is 67.4 Å². The summed E-state index contributed by atoms with van der Waals surface area (Å²) in [5.74, 6) is 0. The zero-order valence-electron chi connectivity index (χ0n) is 26.0. The molecular weight excluding hydrogens is 555 g/mol. The largest absolute Gasteiger partial charge is 0.309 e. The lowest BCUT2D eigenvalue weighted by Gasteiger charge is -2.32. The van der Waals surface area contributed by atoms with Crippen molar-refractivity contribution in [3.8, 4) is 22.3 Å². The van der Waals surface area contributed by atoms with Crippen LogP contribution in [0.4, 0.5) is 17.1 Å². The standard InChI is InChI=1S/C45H33N/c1-45(2)38-23-12-10-22-36(38)44-39(45)24-14-26-41(44)46(40-25-13-11-19-33(40)30-15-4-3-5-16-30)42-29-32-18-7-9-21-35(32)43-34-20-8-6-17-31(34)27-28-37(42)43/h3-29H,1-2H3. The molecule has 0 amide bonds. The summed E-state index contributed by atoms with van der Waals surface area (Å²) in [5, 5.41) is 7.57. The fraction of sp³-hybridized carbons (Fsp3) is 0.0667. The Labute approximate surface area is 270 Å². The first kappa shape index (κ1) is 26.7. The van der Waals surface area contributed by atoms with Crippen molar-refractivity contribution in [3.05, 3.63) is 175 Å². The fourth-order valence-electron chi connectivity index (χ4n) is 7.88. The van der Waals surface area contributed by atoms with Crippen LogP contribution in [-0.2, 0) is 5.41 Å². The molecule has 0 saturated heterocycles. The molecule has 0 bridgehead atoms. The van der Waals surface area contributed by atoms with Crippen LogP contribution >= 0.6 is 0 Å². The lowest BCUT2D eigenvalue weighted by Crippen LogP contribution is -2.16. The van der Waals surface area contributed by atoms with Crippen molar-refractivity contribution in [1.82, 2.24) is 0 Å². The normalized spacial score (nSPS) is 13.2. The quantitative estimate of drug-likeness (QED) is 0.185. The Kier molecular flexibility index (Phi) is 5.92. The van der Waals surface area contributed by atoms with Gasteiger partial charge in [-0.3, -0.25) is 0 Å². The number of benzene rings is 8. The molecule has 0 unspecified atom stereocenters. The third-order valence-electron chi connectivity index (χ3n) is 10.0. The summed E-state index contributed by atoms with van der Waals surface area (Å²) in [5.41, 5.74) is 11.2. The van der Waals surface area contributed by atoms with Crippen molar-refractivity contribution in [2.75, 3.05) is 4.90 Å². The van der Waals surface area contributed by atoms with Gasteiger partial charge in [0.1, 0.15) is 0 Å². The number of fused-ring (bicyclic) bond motifs is 8. The molecule has 0 atom stereocenters. The third-order valence-corrected chi connectivity index (χ3v) is 10.0. The monoisotopic (exact) mass is 587 g/mol. The van der Waals surface area contributed by atoms with Gasteiger partial charge in [-0.2, -0.15) is 0 Å². The average molecular weight is 588 g/mol. The van der Waals surface area contributed by atoms with Crippen molar-refractivity contribution in [3.63, 3.8) is 0 Å². The first-order valence-corrected chi connectivity index (χ1v) is 16.1. The molecule has 1 aliphatic carbocycles. The van der Waals surface area contributed by atoms with E-state index in [9.17, 15) is 0 Å². The van der Waals surface area contributed by atoms with Crippen molar-refractivity contribution >= 4 is 49.4 Å². The van der Waals surface area contributed by atoms with Crippen LogP contribution in [0.25, 0.3) is 54.6 Å². The number of hydrogen-bond acceptors (Lipinski definition) is 1. The fourth-order valence-corrected chi connectivity index (χ4v) is 7.88. The molecule has 8 aromatic carbocycles.